The SMILES string of the molecule is CC(C)(C)[N-]Cc1ccccc1.[CH3-].[CH3-].[CH3-].[CH3-].[CH3-].[Cl-].[Cl-].[Ti+2]. The second-order valence-electron chi connectivity index (χ2n) is 3.97. The molecule has 0 spiro atoms. The smallest absolute Gasteiger partial charge is 1.00 e. The summed E-state index contributed by atoms with van der Waals surface area (Å²) in [6.07, 6.45) is 0. The molecule has 0 aliphatic heterocycles. The molecular weight excluding hydrogens is 325 g/mol. The van der Waals surface area contributed by atoms with Gasteiger partial charge in [-0.2, -0.15) is 0 Å². The van der Waals surface area contributed by atoms with Crippen molar-refractivity contribution in [2.75, 3.05) is 0 Å². The Morgan fingerprint density at radius 3 is 1.45 bits per heavy atom. The van der Waals surface area contributed by atoms with E-state index >= 15 is 0 Å². The molecule has 0 radical (unpaired) electrons. The maximum absolute atomic E-state index is 4.53. The van der Waals surface area contributed by atoms with Crippen LogP contribution in [0, 0.1) is 37.1 Å². The maximum Gasteiger partial charge on any atom is 2.00 e. The fraction of sp³-hybridized carbons (Fsp3) is 0.312. The second kappa shape index (κ2) is 24.5. The van der Waals surface area contributed by atoms with Crippen LogP contribution in [0.25, 0.3) is 5.32 Å². The summed E-state index contributed by atoms with van der Waals surface area (Å²) >= 11 is 0. The van der Waals surface area contributed by atoms with Gasteiger partial charge in [0.25, 0.3) is 0 Å². The average molecular weight is 356 g/mol. The number of benzene rings is 1. The van der Waals surface area contributed by atoms with Gasteiger partial charge in [-0.3, -0.25) is 0 Å². The molecule has 0 fully saturated rings. The molecule has 124 valence electrons. The van der Waals surface area contributed by atoms with E-state index in [1.165, 1.54) is 5.56 Å². The van der Waals surface area contributed by atoms with Crippen LogP contribution >= 0.6 is 0 Å². The Hall–Kier alpha value is 0.474. The molecule has 20 heavy (non-hydrogen) atoms. The van der Waals surface area contributed by atoms with Gasteiger partial charge in [0.2, 0.25) is 0 Å². The van der Waals surface area contributed by atoms with Crippen molar-refractivity contribution >= 4 is 0 Å². The summed E-state index contributed by atoms with van der Waals surface area (Å²) in [7, 11) is 0. The van der Waals surface area contributed by atoms with E-state index in [9.17, 15) is 0 Å². The first-order valence-electron chi connectivity index (χ1n) is 4.30. The molecule has 0 aromatic heterocycles. The van der Waals surface area contributed by atoms with Gasteiger partial charge in [0, 0.05) is 0 Å². The summed E-state index contributed by atoms with van der Waals surface area (Å²) in [5, 5.41) is 4.53. The van der Waals surface area contributed by atoms with Gasteiger partial charge in [0.05, 0.1) is 0 Å². The second-order valence-corrected chi connectivity index (χ2v) is 3.97. The predicted octanol–water partition coefficient (Wildman–Crippen LogP) is -0.384. The summed E-state index contributed by atoms with van der Waals surface area (Å²) in [6, 6.07) is 10.3. The van der Waals surface area contributed by atoms with Crippen molar-refractivity contribution in [3.63, 3.8) is 0 Å². The third-order valence-corrected chi connectivity index (χ3v) is 1.58. The minimum atomic E-state index is 0. The third-order valence-electron chi connectivity index (χ3n) is 1.58. The molecule has 1 aromatic rings. The molecule has 0 unspecified atom stereocenters. The fourth-order valence-corrected chi connectivity index (χ4v) is 0.912. The molecule has 0 saturated heterocycles. The van der Waals surface area contributed by atoms with E-state index in [0.717, 1.165) is 6.54 Å². The van der Waals surface area contributed by atoms with Crippen LogP contribution in [0.15, 0.2) is 30.3 Å². The van der Waals surface area contributed by atoms with Crippen LogP contribution in [0.5, 0.6) is 0 Å². The van der Waals surface area contributed by atoms with Gasteiger partial charge in [-0.05, 0) is 0 Å². The van der Waals surface area contributed by atoms with E-state index in [2.05, 4.69) is 38.2 Å². The minimum Gasteiger partial charge on any atom is -1.00 e. The van der Waals surface area contributed by atoms with Crippen LogP contribution in [0.3, 0.4) is 0 Å². The number of halogens is 2. The van der Waals surface area contributed by atoms with Crippen molar-refractivity contribution in [2.24, 2.45) is 0 Å². The topological polar surface area (TPSA) is 14.1 Å². The molecular formula is C16H31Cl2NTi-6. The maximum atomic E-state index is 4.53. The van der Waals surface area contributed by atoms with Gasteiger partial charge < -0.3 is 67.3 Å². The molecule has 1 nitrogen and oxygen atoms in total. The predicted molar refractivity (Wildman–Crippen MR) is 85.3 cm³/mol. The monoisotopic (exact) mass is 355 g/mol. The van der Waals surface area contributed by atoms with Gasteiger partial charge in [-0.1, -0.05) is 56.7 Å². The van der Waals surface area contributed by atoms with Crippen molar-refractivity contribution < 1.29 is 46.5 Å². The molecule has 0 amide bonds. The van der Waals surface area contributed by atoms with Gasteiger partial charge >= 0.3 is 21.7 Å². The first-order valence-corrected chi connectivity index (χ1v) is 4.30. The van der Waals surface area contributed by atoms with Crippen LogP contribution in [0.1, 0.15) is 26.3 Å². The Bertz CT molecular complexity index is 236. The van der Waals surface area contributed by atoms with Crippen LogP contribution in [-0.2, 0) is 28.3 Å². The third kappa shape index (κ3) is 26.9. The van der Waals surface area contributed by atoms with Crippen LogP contribution in [0.2, 0.25) is 0 Å². The van der Waals surface area contributed by atoms with Crippen molar-refractivity contribution in [1.82, 2.24) is 0 Å². The molecule has 4 heteroatoms. The average Bonchev–Trinajstić information content (AvgIpc) is 2.02. The quantitative estimate of drug-likeness (QED) is 0.507. The van der Waals surface area contributed by atoms with Gasteiger partial charge in [-0.15, -0.1) is 12.1 Å². The normalized spacial score (nSPS) is 6.95. The summed E-state index contributed by atoms with van der Waals surface area (Å²) in [6.45, 7) is 7.19. The zero-order valence-corrected chi connectivity index (χ0v) is 17.4. The Morgan fingerprint density at radius 1 is 0.800 bits per heavy atom. The summed E-state index contributed by atoms with van der Waals surface area (Å²) in [5.74, 6) is 0. The van der Waals surface area contributed by atoms with Crippen molar-refractivity contribution in [1.29, 1.82) is 0 Å². The van der Waals surface area contributed by atoms with Crippen molar-refractivity contribution in [3.05, 3.63) is 78.3 Å². The number of hydrogen-bond donors (Lipinski definition) is 0. The van der Waals surface area contributed by atoms with E-state index in [1.807, 2.05) is 18.2 Å². The summed E-state index contributed by atoms with van der Waals surface area (Å²) in [5.41, 5.74) is 1.36. The van der Waals surface area contributed by atoms with Gasteiger partial charge in [0.15, 0.2) is 0 Å². The van der Waals surface area contributed by atoms with Crippen molar-refractivity contribution in [3.8, 4) is 0 Å². The number of rotatable bonds is 2. The zero-order valence-electron chi connectivity index (χ0n) is 14.3. The summed E-state index contributed by atoms with van der Waals surface area (Å²) in [4.78, 5) is 0. The summed E-state index contributed by atoms with van der Waals surface area (Å²) < 4.78 is 0. The van der Waals surface area contributed by atoms with E-state index in [4.69, 9.17) is 0 Å². The van der Waals surface area contributed by atoms with Crippen LogP contribution < -0.4 is 24.8 Å². The first-order chi connectivity index (χ1) is 5.58. The first kappa shape index (κ1) is 49.9. The molecule has 1 rings (SSSR count). The standard InChI is InChI=1S/C11H16N.5CH3.2ClH.Ti/c1-11(2,3)12-9-10-7-5-4-6-8-10;;;;;;;;/h4-8H,9H2,1-3H3;5*1H3;2*1H;/q6*-1;;;+2/p-2. The molecule has 0 heterocycles. The molecule has 0 N–H and O–H groups in total. The zero-order chi connectivity index (χ0) is 9.03. The largest absolute Gasteiger partial charge is 2.00 e. The van der Waals surface area contributed by atoms with E-state index < -0.39 is 0 Å². The Balaban J connectivity index is -0.0000000300. The molecule has 0 aliphatic carbocycles. The molecule has 0 atom stereocenters. The molecule has 0 bridgehead atoms. The van der Waals surface area contributed by atoms with E-state index in [-0.39, 0.29) is 89.2 Å². The van der Waals surface area contributed by atoms with Crippen molar-refractivity contribution in [2.45, 2.75) is 32.9 Å². The Labute approximate surface area is 157 Å². The Kier molecular flexibility index (Phi) is 61.1. The molecule has 1 aromatic carbocycles. The number of hydrogen-bond acceptors (Lipinski definition) is 0. The van der Waals surface area contributed by atoms with Gasteiger partial charge in [-0.25, -0.2) is 0 Å². The van der Waals surface area contributed by atoms with Crippen LogP contribution in [-0.4, -0.2) is 5.54 Å². The molecule has 0 saturated carbocycles. The molecule has 0 aliphatic rings. The number of nitrogens with zero attached hydrogens (tertiary/aromatic N) is 1. The van der Waals surface area contributed by atoms with Crippen LogP contribution in [0.4, 0.5) is 0 Å². The fourth-order valence-electron chi connectivity index (χ4n) is 0.912. The minimum absolute atomic E-state index is 0. The Morgan fingerprint density at radius 2 is 1.15 bits per heavy atom. The van der Waals surface area contributed by atoms with E-state index in [1.54, 1.807) is 0 Å². The van der Waals surface area contributed by atoms with E-state index in [0.29, 0.717) is 0 Å². The van der Waals surface area contributed by atoms with Gasteiger partial charge in [0.1, 0.15) is 0 Å².